The summed E-state index contributed by atoms with van der Waals surface area (Å²) < 4.78 is 24.0. The average Bonchev–Trinajstić information content (AvgIpc) is 3.09. The number of methoxy groups -OCH3 is 4. The molecule has 0 spiro atoms. The van der Waals surface area contributed by atoms with E-state index in [4.69, 9.17) is 18.9 Å². The van der Waals surface area contributed by atoms with Gasteiger partial charge in [0, 0.05) is 33.5 Å². The van der Waals surface area contributed by atoms with Gasteiger partial charge in [-0.15, -0.1) is 9.24 Å². The number of benzene rings is 4. The van der Waals surface area contributed by atoms with Crippen LogP contribution in [-0.2, 0) is 5.16 Å². The van der Waals surface area contributed by atoms with E-state index in [1.807, 2.05) is 36.4 Å². The van der Waals surface area contributed by atoms with Crippen LogP contribution in [0.15, 0.2) is 97.1 Å². The molecule has 4 aromatic carbocycles. The van der Waals surface area contributed by atoms with Crippen LogP contribution in [0.5, 0.6) is 23.0 Å². The molecule has 0 bridgehead atoms. The van der Waals surface area contributed by atoms with Gasteiger partial charge >= 0.3 is 0 Å². The lowest BCUT2D eigenvalue weighted by atomic mass is 9.77. The van der Waals surface area contributed by atoms with Gasteiger partial charge in [-0.25, -0.2) is 0 Å². The summed E-state index contributed by atoms with van der Waals surface area (Å²) in [5.74, 6) is 3.61. The monoisotopic (exact) mass is 632 g/mol. The summed E-state index contributed by atoms with van der Waals surface area (Å²) in [5.41, 5.74) is 2.21. The number of para-hydroxylation sites is 4. The highest BCUT2D eigenvalue weighted by Crippen LogP contribution is 2.56. The summed E-state index contributed by atoms with van der Waals surface area (Å²) in [4.78, 5) is 0. The summed E-state index contributed by atoms with van der Waals surface area (Å²) in [6.07, 6.45) is 5.75. The van der Waals surface area contributed by atoms with Crippen molar-refractivity contribution in [1.82, 2.24) is 0 Å². The molecule has 0 saturated heterocycles. The zero-order chi connectivity index (χ0) is 31.4. The van der Waals surface area contributed by atoms with Gasteiger partial charge < -0.3 is 24.1 Å². The minimum absolute atomic E-state index is 0.148. The largest absolute Gasteiger partial charge is 0.496 e. The first-order valence-electron chi connectivity index (χ1n) is 15.2. The second-order valence-electron chi connectivity index (χ2n) is 10.8. The van der Waals surface area contributed by atoms with E-state index in [-0.39, 0.29) is 12.5 Å². The van der Waals surface area contributed by atoms with E-state index in [1.165, 1.54) is 10.6 Å². The quantitative estimate of drug-likeness (QED) is 0.0964. The van der Waals surface area contributed by atoms with Gasteiger partial charge in [0.1, 0.15) is 23.0 Å². The summed E-state index contributed by atoms with van der Waals surface area (Å²) in [6, 6.07) is 33.5. The molecule has 0 fully saturated rings. The van der Waals surface area contributed by atoms with E-state index < -0.39 is 13.1 Å². The summed E-state index contributed by atoms with van der Waals surface area (Å²) in [5, 5.41) is 11.3. The molecule has 2 unspecified atom stereocenters. The van der Waals surface area contributed by atoms with Gasteiger partial charge in [-0.3, -0.25) is 0 Å². The maximum absolute atomic E-state index is 9.43. The van der Waals surface area contributed by atoms with Crippen molar-refractivity contribution in [2.75, 3.05) is 41.2 Å². The van der Waals surface area contributed by atoms with Crippen LogP contribution in [-0.4, -0.2) is 46.3 Å². The van der Waals surface area contributed by atoms with Gasteiger partial charge in [0.25, 0.3) is 0 Å². The van der Waals surface area contributed by atoms with Crippen molar-refractivity contribution in [3.05, 3.63) is 108 Å². The van der Waals surface area contributed by atoms with Crippen molar-refractivity contribution in [3.63, 3.8) is 0 Å². The third-order valence-electron chi connectivity index (χ3n) is 8.36. The maximum Gasteiger partial charge on any atom is 0.126 e. The Morgan fingerprint density at radius 3 is 1.45 bits per heavy atom. The van der Waals surface area contributed by atoms with E-state index >= 15 is 0 Å². The Morgan fingerprint density at radius 2 is 1.00 bits per heavy atom. The van der Waals surface area contributed by atoms with E-state index in [1.54, 1.807) is 28.4 Å². The molecule has 4 rings (SSSR count). The Hall–Kier alpha value is -3.10. The zero-order valence-electron chi connectivity index (χ0n) is 26.4. The van der Waals surface area contributed by atoms with Crippen molar-refractivity contribution in [1.29, 1.82) is 0 Å². The van der Waals surface area contributed by atoms with Crippen LogP contribution in [0.2, 0.25) is 0 Å². The molecule has 0 amide bonds. The zero-order valence-corrected chi connectivity index (χ0v) is 28.4. The van der Waals surface area contributed by atoms with Crippen LogP contribution in [0.3, 0.4) is 0 Å². The van der Waals surface area contributed by atoms with Gasteiger partial charge in [-0.2, -0.15) is 0 Å². The fourth-order valence-corrected chi connectivity index (χ4v) is 10.0. The number of hydrogen-bond donors (Lipinski definition) is 1. The molecule has 44 heavy (non-hydrogen) atoms. The van der Waals surface area contributed by atoms with Crippen molar-refractivity contribution in [2.45, 2.75) is 37.3 Å². The van der Waals surface area contributed by atoms with Gasteiger partial charge in [0.2, 0.25) is 0 Å². The summed E-state index contributed by atoms with van der Waals surface area (Å²) in [7, 11) is 9.33. The summed E-state index contributed by atoms with van der Waals surface area (Å²) in [6.45, 7) is 0.229. The van der Waals surface area contributed by atoms with Crippen molar-refractivity contribution < 1.29 is 24.1 Å². The fraction of sp³-hybridized carbons (Fsp3) is 0.351. The highest BCUT2D eigenvalue weighted by Gasteiger charge is 2.43. The molecule has 234 valence electrons. The topological polar surface area (TPSA) is 57.2 Å². The molecule has 0 heterocycles. The van der Waals surface area contributed by atoms with E-state index in [0.717, 1.165) is 72.4 Å². The number of rotatable bonds is 17. The highest BCUT2D eigenvalue weighted by molar-refractivity contribution is 7.73. The molecule has 0 saturated carbocycles. The Bertz CT molecular complexity index is 1360. The molecule has 4 aromatic rings. The lowest BCUT2D eigenvalue weighted by Gasteiger charge is -2.42. The Kier molecular flexibility index (Phi) is 12.9. The Labute approximate surface area is 266 Å². The molecule has 1 N–H and O–H groups in total. The minimum atomic E-state index is -0.929. The van der Waals surface area contributed by atoms with Crippen LogP contribution in [0.4, 0.5) is 0 Å². The molecular formula is C37H46O5P2. The lowest BCUT2D eigenvalue weighted by Crippen LogP contribution is -2.35. The second kappa shape index (κ2) is 16.8. The third-order valence-corrected chi connectivity index (χ3v) is 12.2. The van der Waals surface area contributed by atoms with Gasteiger partial charge in [-0.05, 0) is 57.1 Å². The molecule has 0 aliphatic carbocycles. The molecule has 0 aromatic heterocycles. The van der Waals surface area contributed by atoms with Gasteiger partial charge in [0.05, 0.1) is 28.4 Å². The predicted molar refractivity (Wildman–Crippen MR) is 187 cm³/mol. The van der Waals surface area contributed by atoms with Crippen molar-refractivity contribution in [3.8, 4) is 23.0 Å². The Morgan fingerprint density at radius 1 is 0.591 bits per heavy atom. The van der Waals surface area contributed by atoms with Crippen molar-refractivity contribution in [2.24, 2.45) is 5.92 Å². The molecule has 0 aliphatic heterocycles. The summed E-state index contributed by atoms with van der Waals surface area (Å²) >= 11 is 0. The first-order chi connectivity index (χ1) is 21.5. The molecular weight excluding hydrogens is 586 g/mol. The number of hydrogen-bond acceptors (Lipinski definition) is 5. The maximum atomic E-state index is 9.43. The molecule has 2 atom stereocenters. The molecule has 0 aliphatic rings. The lowest BCUT2D eigenvalue weighted by molar-refractivity contribution is 0.281. The number of aliphatic hydroxyl groups excluding tert-OH is 1. The van der Waals surface area contributed by atoms with Crippen LogP contribution >= 0.6 is 17.2 Å². The van der Waals surface area contributed by atoms with E-state index in [2.05, 4.69) is 69.9 Å². The van der Waals surface area contributed by atoms with E-state index in [9.17, 15) is 5.11 Å². The van der Waals surface area contributed by atoms with Crippen LogP contribution < -0.4 is 29.6 Å². The minimum Gasteiger partial charge on any atom is -0.496 e. The molecule has 0 radical (unpaired) electrons. The first-order valence-corrected chi connectivity index (χ1v) is 17.3. The number of unbranched alkanes of at least 4 members (excludes halogenated alkanes) is 3. The van der Waals surface area contributed by atoms with Crippen LogP contribution in [0.1, 0.15) is 43.2 Å². The fourth-order valence-electron chi connectivity index (χ4n) is 6.13. The standard InChI is InChI=1S/C37H46O5P2/c1-39-31-20-10-8-18-29(31)37(43,30-19-9-11-21-32(30)40-2)28(17-7-5-6-16-26-38)27-44(35-24-14-12-22-33(35)41-3)36-25-15-13-23-34(36)42-4/h8-15,18-25,28,38H,5-7,16-17,26-27,43H2,1-4H3. The van der Waals surface area contributed by atoms with Crippen LogP contribution in [0, 0.1) is 5.92 Å². The second-order valence-corrected chi connectivity index (χ2v) is 13.9. The smallest absolute Gasteiger partial charge is 0.126 e. The number of aliphatic hydroxyl groups is 1. The normalized spacial score (nSPS) is 12.2. The highest BCUT2D eigenvalue weighted by atomic mass is 31.1. The van der Waals surface area contributed by atoms with E-state index in [0.29, 0.717) is 0 Å². The third kappa shape index (κ3) is 7.57. The Balaban J connectivity index is 1.96. The molecule has 5 nitrogen and oxygen atoms in total. The predicted octanol–water partition coefficient (Wildman–Crippen LogP) is 7.53. The van der Waals surface area contributed by atoms with Gasteiger partial charge in [-0.1, -0.05) is 92.1 Å². The van der Waals surface area contributed by atoms with Gasteiger partial charge in [0.15, 0.2) is 0 Å². The van der Waals surface area contributed by atoms with Crippen LogP contribution in [0.25, 0.3) is 0 Å². The average molecular weight is 633 g/mol. The SMILES string of the molecule is COc1ccccc1P(CC(CCCCCCO)C(P)(c1ccccc1OC)c1ccccc1OC)c1ccccc1OC. The molecule has 7 heteroatoms. The first kappa shape index (κ1) is 33.8. The van der Waals surface area contributed by atoms with Crippen molar-refractivity contribution >= 4 is 27.8 Å². The number of ether oxygens (including phenoxy) is 4.